The molecule has 9 heteroatoms. The van der Waals surface area contributed by atoms with Gasteiger partial charge in [0, 0.05) is 61.6 Å². The summed E-state index contributed by atoms with van der Waals surface area (Å²) in [5.41, 5.74) is 4.08. The van der Waals surface area contributed by atoms with Crippen LogP contribution in [0, 0.1) is 5.41 Å². The number of fused-ring (bicyclic) bond motifs is 1. The van der Waals surface area contributed by atoms with Crippen molar-refractivity contribution in [3.8, 4) is 5.75 Å². The molecule has 4 rings (SSSR count). The van der Waals surface area contributed by atoms with E-state index in [1.54, 1.807) is 6.21 Å². The van der Waals surface area contributed by atoms with E-state index in [4.69, 9.17) is 26.3 Å². The number of halogens is 1. The zero-order chi connectivity index (χ0) is 30.5. The SMILES string of the molecule is C[n+]1ccccc1COc1ccc2c(c1)c(SC(C)(C)C)c(CC(C)(C)/C=N/OCC(=O)O)n2Cc1ccc(Cl)cc1. The fourth-order valence-electron chi connectivity index (χ4n) is 4.61. The molecule has 0 aliphatic heterocycles. The number of carbonyl (C=O) groups is 1. The zero-order valence-electron chi connectivity index (χ0n) is 25.1. The van der Waals surface area contributed by atoms with Crippen LogP contribution in [-0.2, 0) is 36.3 Å². The maximum absolute atomic E-state index is 10.9. The number of aliphatic carboxylic acids is 1. The van der Waals surface area contributed by atoms with E-state index < -0.39 is 18.0 Å². The second-order valence-corrected chi connectivity index (χ2v) is 14.3. The first-order chi connectivity index (χ1) is 19.8. The minimum absolute atomic E-state index is 0.0500. The molecule has 0 spiro atoms. The molecule has 1 N–H and O–H groups in total. The van der Waals surface area contributed by atoms with Crippen LogP contribution in [0.15, 0.2) is 76.9 Å². The van der Waals surface area contributed by atoms with Gasteiger partial charge in [0.05, 0.1) is 0 Å². The third-order valence-corrected chi connectivity index (χ3v) is 8.11. The van der Waals surface area contributed by atoms with Crippen LogP contribution in [-0.4, -0.2) is 33.2 Å². The largest absolute Gasteiger partial charge is 0.483 e. The van der Waals surface area contributed by atoms with Crippen molar-refractivity contribution in [2.45, 2.75) is 63.8 Å². The first-order valence-electron chi connectivity index (χ1n) is 13.8. The monoisotopic (exact) mass is 608 g/mol. The molecule has 222 valence electrons. The Labute approximate surface area is 257 Å². The average Bonchev–Trinajstić information content (AvgIpc) is 3.17. The number of pyridine rings is 1. The second-order valence-electron chi connectivity index (χ2n) is 12.0. The van der Waals surface area contributed by atoms with Crippen molar-refractivity contribution in [3.05, 3.63) is 88.8 Å². The van der Waals surface area contributed by atoms with Gasteiger partial charge in [-0.1, -0.05) is 63.5 Å². The summed E-state index contributed by atoms with van der Waals surface area (Å²) in [5, 5.41) is 14.7. The van der Waals surface area contributed by atoms with Crippen LogP contribution in [0.4, 0.5) is 0 Å². The summed E-state index contributed by atoms with van der Waals surface area (Å²) in [6, 6.07) is 20.3. The molecule has 42 heavy (non-hydrogen) atoms. The highest BCUT2D eigenvalue weighted by Crippen LogP contribution is 2.44. The Balaban J connectivity index is 1.80. The quantitative estimate of drug-likeness (QED) is 0.0791. The molecule has 2 aromatic heterocycles. The molecular weight excluding hydrogens is 570 g/mol. The summed E-state index contributed by atoms with van der Waals surface area (Å²) in [6.45, 7) is 11.4. The fraction of sp³-hybridized carbons (Fsp3) is 0.364. The van der Waals surface area contributed by atoms with Crippen molar-refractivity contribution in [2.24, 2.45) is 17.6 Å². The molecule has 7 nitrogen and oxygen atoms in total. The number of aromatic nitrogens is 2. The van der Waals surface area contributed by atoms with Crippen molar-refractivity contribution < 1.29 is 24.0 Å². The first kappa shape index (κ1) is 31.4. The number of benzene rings is 2. The lowest BCUT2D eigenvalue weighted by Crippen LogP contribution is -2.33. The van der Waals surface area contributed by atoms with Crippen LogP contribution in [0.5, 0.6) is 5.75 Å². The lowest BCUT2D eigenvalue weighted by molar-refractivity contribution is -0.680. The van der Waals surface area contributed by atoms with Gasteiger partial charge in [0.25, 0.3) is 0 Å². The van der Waals surface area contributed by atoms with Crippen LogP contribution < -0.4 is 9.30 Å². The Kier molecular flexibility index (Phi) is 9.89. The number of carboxylic acids is 1. The van der Waals surface area contributed by atoms with E-state index in [1.165, 1.54) is 10.6 Å². The Hall–Kier alpha value is -3.49. The van der Waals surface area contributed by atoms with E-state index in [1.807, 2.05) is 55.3 Å². The van der Waals surface area contributed by atoms with Gasteiger partial charge in [-0.3, -0.25) is 0 Å². The molecule has 0 saturated heterocycles. The second kappa shape index (κ2) is 13.2. The van der Waals surface area contributed by atoms with Gasteiger partial charge in [-0.15, -0.1) is 11.8 Å². The summed E-state index contributed by atoms with van der Waals surface area (Å²) in [5.74, 6) is -0.254. The van der Waals surface area contributed by atoms with Crippen LogP contribution in [0.1, 0.15) is 51.6 Å². The summed E-state index contributed by atoms with van der Waals surface area (Å²) in [6.07, 6.45) is 4.37. The molecule has 4 aromatic rings. The molecule has 0 aliphatic rings. The Morgan fingerprint density at radius 3 is 2.50 bits per heavy atom. The highest BCUT2D eigenvalue weighted by molar-refractivity contribution is 8.00. The highest BCUT2D eigenvalue weighted by Gasteiger charge is 2.28. The van der Waals surface area contributed by atoms with E-state index in [-0.39, 0.29) is 4.75 Å². The average molecular weight is 609 g/mol. The summed E-state index contributed by atoms with van der Waals surface area (Å²) >= 11 is 8.03. The summed E-state index contributed by atoms with van der Waals surface area (Å²) < 4.78 is 10.7. The predicted molar refractivity (Wildman–Crippen MR) is 170 cm³/mol. The van der Waals surface area contributed by atoms with Crippen LogP contribution in [0.2, 0.25) is 5.02 Å². The highest BCUT2D eigenvalue weighted by atomic mass is 35.5. The normalized spacial score (nSPS) is 12.3. The van der Waals surface area contributed by atoms with Gasteiger partial charge >= 0.3 is 5.97 Å². The smallest absolute Gasteiger partial charge is 0.344 e. The fourth-order valence-corrected chi connectivity index (χ4v) is 5.92. The van der Waals surface area contributed by atoms with E-state index in [9.17, 15) is 4.79 Å². The van der Waals surface area contributed by atoms with Crippen LogP contribution in [0.3, 0.4) is 0 Å². The minimum atomic E-state index is -1.06. The van der Waals surface area contributed by atoms with Gasteiger partial charge in [0.1, 0.15) is 12.8 Å². The third kappa shape index (κ3) is 8.52. The topological polar surface area (TPSA) is 76.9 Å². The first-order valence-corrected chi connectivity index (χ1v) is 15.0. The molecule has 0 fully saturated rings. The van der Waals surface area contributed by atoms with Gasteiger partial charge in [-0.05, 0) is 48.4 Å². The molecule has 0 saturated carbocycles. The van der Waals surface area contributed by atoms with Crippen molar-refractivity contribution in [1.82, 2.24) is 4.57 Å². The lowest BCUT2D eigenvalue weighted by Gasteiger charge is -2.24. The number of carboxylic acid groups (broad SMARTS) is 1. The van der Waals surface area contributed by atoms with Crippen molar-refractivity contribution in [1.29, 1.82) is 0 Å². The Morgan fingerprint density at radius 2 is 1.83 bits per heavy atom. The number of oxime groups is 1. The van der Waals surface area contributed by atoms with Crippen LogP contribution >= 0.6 is 23.4 Å². The summed E-state index contributed by atoms with van der Waals surface area (Å²) in [7, 11) is 2.01. The number of thioether (sulfide) groups is 1. The van der Waals surface area contributed by atoms with Gasteiger partial charge in [-0.2, -0.15) is 0 Å². The van der Waals surface area contributed by atoms with Crippen LogP contribution in [0.25, 0.3) is 10.9 Å². The lowest BCUT2D eigenvalue weighted by atomic mass is 9.89. The molecule has 2 aromatic carbocycles. The number of rotatable bonds is 12. The molecule has 0 atom stereocenters. The molecule has 0 radical (unpaired) electrons. The van der Waals surface area contributed by atoms with E-state index >= 15 is 0 Å². The molecule has 0 unspecified atom stereocenters. The standard InChI is InChI=1S/C33H38ClN3O4S/c1-32(2,3)42-31-27-17-26(40-20-25-9-7-8-16-36(25)6)14-15-28(27)37(19-23-10-12-24(34)13-11-23)29(31)18-33(4,5)22-35-41-21-30(38)39/h7-17,22H,18-21H2,1-6H3/p+1/b35-22+. The molecule has 0 bridgehead atoms. The minimum Gasteiger partial charge on any atom is -0.483 e. The number of aryl methyl sites for hydroxylation is 1. The van der Waals surface area contributed by atoms with Gasteiger partial charge in [0.15, 0.2) is 12.8 Å². The third-order valence-electron chi connectivity index (χ3n) is 6.59. The number of nitrogens with zero attached hydrogens (tertiary/aromatic N) is 3. The Morgan fingerprint density at radius 1 is 1.10 bits per heavy atom. The van der Waals surface area contributed by atoms with Gasteiger partial charge < -0.3 is 19.2 Å². The predicted octanol–water partition coefficient (Wildman–Crippen LogP) is 7.29. The molecule has 2 heterocycles. The van der Waals surface area contributed by atoms with Crippen molar-refractivity contribution in [3.63, 3.8) is 0 Å². The molecule has 0 aliphatic carbocycles. The van der Waals surface area contributed by atoms with E-state index in [0.717, 1.165) is 27.9 Å². The zero-order valence-corrected chi connectivity index (χ0v) is 26.6. The number of hydrogen-bond acceptors (Lipinski definition) is 5. The maximum atomic E-state index is 10.9. The van der Waals surface area contributed by atoms with E-state index in [2.05, 4.69) is 79.2 Å². The van der Waals surface area contributed by atoms with Gasteiger partial charge in [0.2, 0.25) is 12.3 Å². The number of hydrogen-bond donors (Lipinski definition) is 1. The van der Waals surface area contributed by atoms with E-state index in [0.29, 0.717) is 24.6 Å². The summed E-state index contributed by atoms with van der Waals surface area (Å²) in [4.78, 5) is 17.1. The molecular formula is C33H39ClN3O4S+. The Bertz CT molecular complexity index is 1570. The van der Waals surface area contributed by atoms with Crippen molar-refractivity contribution >= 4 is 46.4 Å². The molecule has 0 amide bonds. The van der Waals surface area contributed by atoms with Gasteiger partial charge in [-0.25, -0.2) is 9.36 Å². The van der Waals surface area contributed by atoms with Crippen molar-refractivity contribution in [2.75, 3.05) is 6.61 Å². The maximum Gasteiger partial charge on any atom is 0.344 e. The number of ether oxygens (including phenoxy) is 1.